The molecule has 2 aromatic heterocycles. The van der Waals surface area contributed by atoms with Crippen LogP contribution in [0.15, 0.2) is 21.5 Å². The fourth-order valence-electron chi connectivity index (χ4n) is 1.86. The topological polar surface area (TPSA) is 83.0 Å². The van der Waals surface area contributed by atoms with Crippen molar-refractivity contribution in [3.8, 4) is 11.6 Å². The van der Waals surface area contributed by atoms with E-state index in [4.69, 9.17) is 9.26 Å². The van der Waals surface area contributed by atoms with Gasteiger partial charge in [-0.2, -0.15) is 10.1 Å². The molecule has 1 atom stereocenters. The van der Waals surface area contributed by atoms with E-state index in [-0.39, 0.29) is 11.5 Å². The van der Waals surface area contributed by atoms with Crippen LogP contribution in [0.1, 0.15) is 18.2 Å². The molecule has 2 aromatic rings. The van der Waals surface area contributed by atoms with E-state index in [0.29, 0.717) is 24.0 Å². The highest BCUT2D eigenvalue weighted by Crippen LogP contribution is 2.24. The molecule has 3 rings (SSSR count). The van der Waals surface area contributed by atoms with Gasteiger partial charge in [-0.3, -0.25) is 4.79 Å². The number of aromatic nitrogens is 4. The van der Waals surface area contributed by atoms with Crippen LogP contribution in [0.25, 0.3) is 11.6 Å². The molecule has 0 saturated carbocycles. The van der Waals surface area contributed by atoms with E-state index in [1.54, 1.807) is 13.1 Å². The second-order valence-corrected chi connectivity index (χ2v) is 4.20. The normalized spacial score (nSPS) is 19.3. The average molecular weight is 248 g/mol. The lowest BCUT2D eigenvalue weighted by molar-refractivity contribution is 0.192. The van der Waals surface area contributed by atoms with Crippen LogP contribution >= 0.6 is 0 Å². The highest BCUT2D eigenvalue weighted by atomic mass is 16.5. The highest BCUT2D eigenvalue weighted by molar-refractivity contribution is 5.44. The summed E-state index contributed by atoms with van der Waals surface area (Å²) in [7, 11) is 1.58. The van der Waals surface area contributed by atoms with Crippen molar-refractivity contribution in [2.45, 2.75) is 12.3 Å². The van der Waals surface area contributed by atoms with E-state index in [9.17, 15) is 4.79 Å². The summed E-state index contributed by atoms with van der Waals surface area (Å²) in [5.41, 5.74) is 0.317. The Kier molecular flexibility index (Phi) is 2.67. The van der Waals surface area contributed by atoms with E-state index in [1.165, 1.54) is 10.7 Å². The summed E-state index contributed by atoms with van der Waals surface area (Å²) < 4.78 is 11.7. The molecule has 1 fully saturated rings. The van der Waals surface area contributed by atoms with E-state index in [0.717, 1.165) is 13.0 Å². The Morgan fingerprint density at radius 1 is 1.44 bits per heavy atom. The molecule has 0 aromatic carbocycles. The van der Waals surface area contributed by atoms with Gasteiger partial charge in [-0.1, -0.05) is 5.16 Å². The summed E-state index contributed by atoms with van der Waals surface area (Å²) in [6, 6.07) is 3.00. The smallest absolute Gasteiger partial charge is 0.278 e. The zero-order valence-corrected chi connectivity index (χ0v) is 9.87. The monoisotopic (exact) mass is 248 g/mol. The van der Waals surface area contributed by atoms with E-state index < -0.39 is 0 Å². The first kappa shape index (κ1) is 11.1. The van der Waals surface area contributed by atoms with Crippen LogP contribution in [0, 0.1) is 0 Å². The summed E-state index contributed by atoms with van der Waals surface area (Å²) >= 11 is 0. The van der Waals surface area contributed by atoms with Gasteiger partial charge in [-0.25, -0.2) is 4.68 Å². The average Bonchev–Trinajstić information content (AvgIpc) is 3.01. The molecule has 7 heteroatoms. The third-order valence-electron chi connectivity index (χ3n) is 2.92. The Morgan fingerprint density at radius 2 is 2.33 bits per heavy atom. The van der Waals surface area contributed by atoms with Crippen LogP contribution in [-0.2, 0) is 11.8 Å². The molecule has 0 unspecified atom stereocenters. The van der Waals surface area contributed by atoms with Gasteiger partial charge in [0.1, 0.15) is 5.69 Å². The van der Waals surface area contributed by atoms with Crippen LogP contribution in [0.4, 0.5) is 0 Å². The first-order valence-corrected chi connectivity index (χ1v) is 5.70. The molecule has 1 aliphatic heterocycles. The molecule has 1 aliphatic rings. The minimum atomic E-state index is -0.178. The number of hydrogen-bond donors (Lipinski definition) is 0. The summed E-state index contributed by atoms with van der Waals surface area (Å²) in [5, 5.41) is 7.99. The zero-order valence-electron chi connectivity index (χ0n) is 9.87. The number of aryl methyl sites for hydroxylation is 1. The van der Waals surface area contributed by atoms with E-state index >= 15 is 0 Å². The second-order valence-electron chi connectivity index (χ2n) is 4.20. The maximum Gasteiger partial charge on any atom is 0.278 e. The Morgan fingerprint density at radius 3 is 3.06 bits per heavy atom. The second kappa shape index (κ2) is 4.34. The number of ether oxygens (including phenoxy) is 1. The predicted molar refractivity (Wildman–Crippen MR) is 60.9 cm³/mol. The van der Waals surface area contributed by atoms with Crippen molar-refractivity contribution in [3.05, 3.63) is 28.3 Å². The molecule has 94 valence electrons. The van der Waals surface area contributed by atoms with Crippen molar-refractivity contribution in [1.82, 2.24) is 19.9 Å². The van der Waals surface area contributed by atoms with Gasteiger partial charge in [0.05, 0.1) is 6.61 Å². The van der Waals surface area contributed by atoms with E-state index in [1.807, 2.05) is 0 Å². The number of nitrogens with zero attached hydrogens (tertiary/aromatic N) is 4. The van der Waals surface area contributed by atoms with Gasteiger partial charge in [-0.15, -0.1) is 0 Å². The summed E-state index contributed by atoms with van der Waals surface area (Å²) in [5.74, 6) is 1.15. The predicted octanol–water partition coefficient (Wildman–Crippen LogP) is 0.334. The van der Waals surface area contributed by atoms with Crippen molar-refractivity contribution >= 4 is 0 Å². The van der Waals surface area contributed by atoms with Gasteiger partial charge in [-0.05, 0) is 12.5 Å². The Balaban J connectivity index is 1.92. The van der Waals surface area contributed by atoms with Crippen molar-refractivity contribution in [2.24, 2.45) is 7.05 Å². The maximum atomic E-state index is 11.2. The van der Waals surface area contributed by atoms with Crippen LogP contribution in [0.3, 0.4) is 0 Å². The maximum absolute atomic E-state index is 11.2. The summed E-state index contributed by atoms with van der Waals surface area (Å²) in [6.45, 7) is 1.35. The summed E-state index contributed by atoms with van der Waals surface area (Å²) in [4.78, 5) is 15.5. The molecule has 3 heterocycles. The third-order valence-corrected chi connectivity index (χ3v) is 2.92. The third kappa shape index (κ3) is 1.92. The molecule has 1 saturated heterocycles. The van der Waals surface area contributed by atoms with Gasteiger partial charge in [0.2, 0.25) is 0 Å². The number of rotatable bonds is 2. The fourth-order valence-corrected chi connectivity index (χ4v) is 1.86. The van der Waals surface area contributed by atoms with Crippen LogP contribution < -0.4 is 5.56 Å². The molecule has 0 bridgehead atoms. The molecule has 0 N–H and O–H groups in total. The largest absolute Gasteiger partial charge is 0.381 e. The van der Waals surface area contributed by atoms with Crippen LogP contribution in [-0.4, -0.2) is 33.1 Å². The van der Waals surface area contributed by atoms with Crippen molar-refractivity contribution < 1.29 is 9.26 Å². The Labute approximate surface area is 102 Å². The molecule has 7 nitrogen and oxygen atoms in total. The van der Waals surface area contributed by atoms with Gasteiger partial charge in [0, 0.05) is 25.6 Å². The Bertz CT molecular complexity index is 613. The Hall–Kier alpha value is -2.02. The minimum Gasteiger partial charge on any atom is -0.381 e. The van der Waals surface area contributed by atoms with Gasteiger partial charge >= 0.3 is 0 Å². The van der Waals surface area contributed by atoms with Crippen molar-refractivity contribution in [1.29, 1.82) is 0 Å². The molecular weight excluding hydrogens is 236 g/mol. The lowest BCUT2D eigenvalue weighted by Crippen LogP contribution is -2.18. The van der Waals surface area contributed by atoms with Crippen molar-refractivity contribution in [3.63, 3.8) is 0 Å². The standard InChI is InChI=1S/C11H12N4O3/c1-15-9(16)3-2-8(13-15)11-12-10(14-18-11)7-4-5-17-6-7/h2-3,7H,4-6H2,1H3/t7-/m0/s1. The lowest BCUT2D eigenvalue weighted by Gasteiger charge is -1.98. The summed E-state index contributed by atoms with van der Waals surface area (Å²) in [6.07, 6.45) is 0.902. The first-order valence-electron chi connectivity index (χ1n) is 5.70. The molecule has 0 spiro atoms. The zero-order chi connectivity index (χ0) is 12.5. The van der Waals surface area contributed by atoms with Crippen LogP contribution in [0.2, 0.25) is 0 Å². The SMILES string of the molecule is Cn1nc(-c2nc([C@H]3CCOC3)no2)ccc1=O. The molecule has 0 amide bonds. The number of hydrogen-bond acceptors (Lipinski definition) is 6. The van der Waals surface area contributed by atoms with Gasteiger partial charge in [0.15, 0.2) is 5.82 Å². The molecule has 0 aliphatic carbocycles. The van der Waals surface area contributed by atoms with Gasteiger partial charge in [0.25, 0.3) is 11.4 Å². The molecule has 0 radical (unpaired) electrons. The lowest BCUT2D eigenvalue weighted by atomic mass is 10.1. The fraction of sp³-hybridized carbons (Fsp3) is 0.455. The minimum absolute atomic E-state index is 0.178. The van der Waals surface area contributed by atoms with Gasteiger partial charge < -0.3 is 9.26 Å². The first-order chi connectivity index (χ1) is 8.74. The van der Waals surface area contributed by atoms with E-state index in [2.05, 4.69) is 15.2 Å². The quantitative estimate of drug-likeness (QED) is 0.761. The molecule has 18 heavy (non-hydrogen) atoms. The van der Waals surface area contributed by atoms with Crippen molar-refractivity contribution in [2.75, 3.05) is 13.2 Å². The molecular formula is C11H12N4O3. The highest BCUT2D eigenvalue weighted by Gasteiger charge is 2.23. The van der Waals surface area contributed by atoms with Crippen LogP contribution in [0.5, 0.6) is 0 Å².